The number of carbonyl (C=O) groups is 1. The number of hydrogen-bond donors (Lipinski definition) is 1. The number of aryl methyl sites for hydroxylation is 3. The second-order valence-electron chi connectivity index (χ2n) is 8.82. The molecule has 2 N–H and O–H groups in total. The number of nitrogen functional groups attached to an aromatic ring is 1. The molecule has 2 aromatic heterocycles. The fourth-order valence-electron chi connectivity index (χ4n) is 4.01. The number of anilines is 1. The lowest BCUT2D eigenvalue weighted by Gasteiger charge is -2.15. The molecule has 0 spiro atoms. The van der Waals surface area contributed by atoms with Crippen LogP contribution in [0.5, 0.6) is 17.6 Å². The molecule has 2 heterocycles. The average Bonchev–Trinajstić information content (AvgIpc) is 2.86. The minimum Gasteiger partial charge on any atom is -0.464 e. The summed E-state index contributed by atoms with van der Waals surface area (Å²) in [6.45, 7) is 8.03. The van der Waals surface area contributed by atoms with E-state index in [-0.39, 0.29) is 28.0 Å². The van der Waals surface area contributed by atoms with Gasteiger partial charge in [0.15, 0.2) is 15.6 Å². The van der Waals surface area contributed by atoms with Gasteiger partial charge in [0.1, 0.15) is 11.5 Å². The Morgan fingerprint density at radius 1 is 0.974 bits per heavy atom. The third-order valence-electron chi connectivity index (χ3n) is 5.70. The van der Waals surface area contributed by atoms with E-state index in [4.69, 9.17) is 15.2 Å². The minimum atomic E-state index is -3.96. The molecule has 38 heavy (non-hydrogen) atoms. The lowest BCUT2D eigenvalue weighted by molar-refractivity contribution is 0.101. The molecule has 4 rings (SSSR count). The highest BCUT2D eigenvalue weighted by Gasteiger charge is 2.25. The number of aromatic nitrogens is 3. The van der Waals surface area contributed by atoms with Crippen molar-refractivity contribution in [2.75, 3.05) is 18.1 Å². The van der Waals surface area contributed by atoms with Gasteiger partial charge in [-0.15, -0.1) is 0 Å². The SMILES string of the molecule is CCOc1ncc(-c2ccc(C(=O)CS(=O)(=O)c3cccc(N)c3)c(Oc3c(C)cc(C)cc3C)n2)cn1. The Kier molecular flexibility index (Phi) is 7.72. The topological polar surface area (TPSA) is 134 Å². The van der Waals surface area contributed by atoms with E-state index in [1.165, 1.54) is 24.3 Å². The Morgan fingerprint density at radius 2 is 1.66 bits per heavy atom. The van der Waals surface area contributed by atoms with E-state index in [0.29, 0.717) is 23.6 Å². The van der Waals surface area contributed by atoms with Crippen LogP contribution in [0.25, 0.3) is 11.3 Å². The van der Waals surface area contributed by atoms with Crippen molar-refractivity contribution >= 4 is 21.3 Å². The Labute approximate surface area is 221 Å². The van der Waals surface area contributed by atoms with Crippen molar-refractivity contribution in [3.05, 3.63) is 83.2 Å². The van der Waals surface area contributed by atoms with Crippen LogP contribution in [-0.4, -0.2) is 41.5 Å². The molecule has 0 radical (unpaired) electrons. The second kappa shape index (κ2) is 11.0. The van der Waals surface area contributed by atoms with Gasteiger partial charge in [0, 0.05) is 23.6 Å². The average molecular weight is 533 g/mol. The zero-order valence-corrected chi connectivity index (χ0v) is 22.4. The van der Waals surface area contributed by atoms with Gasteiger partial charge in [-0.25, -0.2) is 23.4 Å². The number of nitrogens with zero attached hydrogens (tertiary/aromatic N) is 3. The summed E-state index contributed by atoms with van der Waals surface area (Å²) in [5.41, 5.74) is 9.85. The third-order valence-corrected chi connectivity index (χ3v) is 7.31. The monoisotopic (exact) mass is 532 g/mol. The fraction of sp³-hybridized carbons (Fsp3) is 0.214. The molecule has 10 heteroatoms. The predicted octanol–water partition coefficient (Wildman–Crippen LogP) is 4.89. The van der Waals surface area contributed by atoms with Gasteiger partial charge >= 0.3 is 6.01 Å². The van der Waals surface area contributed by atoms with Gasteiger partial charge in [-0.2, -0.15) is 0 Å². The number of rotatable bonds is 9. The Morgan fingerprint density at radius 3 is 2.29 bits per heavy atom. The molecule has 0 saturated carbocycles. The Hall–Kier alpha value is -4.31. The van der Waals surface area contributed by atoms with E-state index in [9.17, 15) is 13.2 Å². The van der Waals surface area contributed by atoms with E-state index in [0.717, 1.165) is 16.7 Å². The number of ketones is 1. The highest BCUT2D eigenvalue weighted by Crippen LogP contribution is 2.33. The van der Waals surface area contributed by atoms with Crippen molar-refractivity contribution in [1.82, 2.24) is 15.0 Å². The van der Waals surface area contributed by atoms with Crippen LogP contribution in [0.15, 0.2) is 65.8 Å². The highest BCUT2D eigenvalue weighted by atomic mass is 32.2. The number of ether oxygens (including phenoxy) is 2. The number of nitrogens with two attached hydrogens (primary N) is 1. The standard InChI is InChI=1S/C28H28N4O5S/c1-5-36-28-30-14-20(15-31-28)24-10-9-23(25(33)16-38(34,35)22-8-6-7-21(29)13-22)27(32-24)37-26-18(3)11-17(2)12-19(26)4/h6-15H,5,16,29H2,1-4H3. The normalized spacial score (nSPS) is 11.3. The molecule has 9 nitrogen and oxygen atoms in total. The van der Waals surface area contributed by atoms with Gasteiger partial charge in [0.25, 0.3) is 0 Å². The second-order valence-corrected chi connectivity index (χ2v) is 10.8. The summed E-state index contributed by atoms with van der Waals surface area (Å²) in [4.78, 5) is 26.2. The maximum atomic E-state index is 13.3. The van der Waals surface area contributed by atoms with Crippen LogP contribution >= 0.6 is 0 Å². The first-order chi connectivity index (χ1) is 18.1. The number of carbonyl (C=O) groups excluding carboxylic acids is 1. The van der Waals surface area contributed by atoms with Gasteiger partial charge in [0.2, 0.25) is 5.88 Å². The first-order valence-corrected chi connectivity index (χ1v) is 13.6. The van der Waals surface area contributed by atoms with Crippen LogP contribution in [0.4, 0.5) is 5.69 Å². The van der Waals surface area contributed by atoms with E-state index in [1.54, 1.807) is 24.5 Å². The van der Waals surface area contributed by atoms with Crippen LogP contribution in [0, 0.1) is 20.8 Å². The zero-order chi connectivity index (χ0) is 27.4. The lowest BCUT2D eigenvalue weighted by Crippen LogP contribution is -2.18. The summed E-state index contributed by atoms with van der Waals surface area (Å²) >= 11 is 0. The maximum Gasteiger partial charge on any atom is 0.316 e. The quantitative estimate of drug-likeness (QED) is 0.236. The summed E-state index contributed by atoms with van der Waals surface area (Å²) in [7, 11) is -3.96. The van der Waals surface area contributed by atoms with Crippen molar-refractivity contribution in [3.63, 3.8) is 0 Å². The smallest absolute Gasteiger partial charge is 0.316 e. The number of hydrogen-bond acceptors (Lipinski definition) is 9. The van der Waals surface area contributed by atoms with E-state index in [1.807, 2.05) is 39.8 Å². The molecule has 0 amide bonds. The van der Waals surface area contributed by atoms with Gasteiger partial charge in [-0.05, 0) is 69.2 Å². The third kappa shape index (κ3) is 5.97. The molecule has 4 aromatic rings. The summed E-state index contributed by atoms with van der Waals surface area (Å²) < 4.78 is 37.5. The van der Waals surface area contributed by atoms with Gasteiger partial charge in [0.05, 0.1) is 22.8 Å². The molecular weight excluding hydrogens is 504 g/mol. The number of Topliss-reactive ketones (excluding diaryl/α,β-unsaturated/α-hetero) is 1. The van der Waals surface area contributed by atoms with Crippen molar-refractivity contribution in [3.8, 4) is 28.9 Å². The van der Waals surface area contributed by atoms with Crippen molar-refractivity contribution in [2.24, 2.45) is 0 Å². The first kappa shape index (κ1) is 26.7. The number of benzene rings is 2. The Balaban J connectivity index is 1.75. The van der Waals surface area contributed by atoms with Crippen LogP contribution in [0.3, 0.4) is 0 Å². The minimum absolute atomic E-state index is 0.0146. The van der Waals surface area contributed by atoms with Gasteiger partial charge in [-0.1, -0.05) is 23.8 Å². The molecular formula is C28H28N4O5S. The molecule has 0 aliphatic rings. The van der Waals surface area contributed by atoms with Crippen LogP contribution in [-0.2, 0) is 9.84 Å². The molecule has 2 aromatic carbocycles. The maximum absolute atomic E-state index is 13.3. The van der Waals surface area contributed by atoms with Gasteiger partial charge in [-0.3, -0.25) is 4.79 Å². The molecule has 196 valence electrons. The number of sulfone groups is 1. The molecule has 0 saturated heterocycles. The fourth-order valence-corrected chi connectivity index (χ4v) is 5.28. The molecule has 0 atom stereocenters. The van der Waals surface area contributed by atoms with E-state index >= 15 is 0 Å². The van der Waals surface area contributed by atoms with Crippen LogP contribution in [0.1, 0.15) is 34.0 Å². The highest BCUT2D eigenvalue weighted by molar-refractivity contribution is 7.92. The summed E-state index contributed by atoms with van der Waals surface area (Å²) in [5.74, 6) is -0.909. The summed E-state index contributed by atoms with van der Waals surface area (Å²) in [5, 5.41) is 0. The summed E-state index contributed by atoms with van der Waals surface area (Å²) in [6, 6.07) is 13.1. The first-order valence-electron chi connectivity index (χ1n) is 11.9. The van der Waals surface area contributed by atoms with Crippen molar-refractivity contribution in [1.29, 1.82) is 0 Å². The number of pyridine rings is 1. The van der Waals surface area contributed by atoms with Crippen molar-refractivity contribution < 1.29 is 22.7 Å². The van der Waals surface area contributed by atoms with Crippen LogP contribution in [0.2, 0.25) is 0 Å². The van der Waals surface area contributed by atoms with E-state index < -0.39 is 21.4 Å². The predicted molar refractivity (Wildman–Crippen MR) is 144 cm³/mol. The molecule has 0 aliphatic heterocycles. The Bertz CT molecular complexity index is 1580. The molecule has 0 fully saturated rings. The lowest BCUT2D eigenvalue weighted by atomic mass is 10.1. The molecule has 0 aliphatic carbocycles. The van der Waals surface area contributed by atoms with Gasteiger partial charge < -0.3 is 15.2 Å². The largest absolute Gasteiger partial charge is 0.464 e. The van der Waals surface area contributed by atoms with Crippen LogP contribution < -0.4 is 15.2 Å². The molecule has 0 bridgehead atoms. The van der Waals surface area contributed by atoms with E-state index in [2.05, 4.69) is 15.0 Å². The molecule has 0 unspecified atom stereocenters. The zero-order valence-electron chi connectivity index (χ0n) is 21.6. The summed E-state index contributed by atoms with van der Waals surface area (Å²) in [6.07, 6.45) is 3.11. The van der Waals surface area contributed by atoms with Crippen molar-refractivity contribution in [2.45, 2.75) is 32.6 Å².